The summed E-state index contributed by atoms with van der Waals surface area (Å²) in [6.07, 6.45) is -9.57. The molecule has 0 fully saturated rings. The molecule has 1 aromatic carbocycles. The summed E-state index contributed by atoms with van der Waals surface area (Å²) in [5, 5.41) is 9.24. The number of hydrogen-bond acceptors (Lipinski definition) is 5. The number of halogens is 6. The van der Waals surface area contributed by atoms with Gasteiger partial charge in [-0.15, -0.1) is 5.10 Å². The number of nitrogens with one attached hydrogen (secondary N) is 1. The number of carbonyl (C=O) groups is 1. The number of benzene rings is 1. The molecular formula is C17H18F6N4O3. The molecule has 2 rings (SSSR count). The minimum Gasteiger partial charge on any atom is -0.351 e. The van der Waals surface area contributed by atoms with Crippen molar-refractivity contribution in [1.82, 2.24) is 15.0 Å². The SMILES string of the molecule is CCOC(Cn1cc(C(=O)Nc2cc(C(F)(F)F)cc(C(F)(F)F)c2)nn1)OCC. The fourth-order valence-corrected chi connectivity index (χ4v) is 2.39. The third-order valence-electron chi connectivity index (χ3n) is 3.66. The first-order valence-corrected chi connectivity index (χ1v) is 8.68. The normalized spacial score (nSPS) is 12.4. The van der Waals surface area contributed by atoms with Crippen LogP contribution < -0.4 is 5.32 Å². The smallest absolute Gasteiger partial charge is 0.351 e. The molecule has 13 heteroatoms. The zero-order valence-electron chi connectivity index (χ0n) is 15.8. The van der Waals surface area contributed by atoms with Crippen molar-refractivity contribution < 1.29 is 40.6 Å². The first-order chi connectivity index (χ1) is 13.9. The summed E-state index contributed by atoms with van der Waals surface area (Å²) >= 11 is 0. The Morgan fingerprint density at radius 2 is 1.57 bits per heavy atom. The Bertz CT molecular complexity index is 828. The number of alkyl halides is 6. The molecule has 0 atom stereocenters. The lowest BCUT2D eigenvalue weighted by molar-refractivity contribution is -0.145. The van der Waals surface area contributed by atoms with Crippen LogP contribution in [0.4, 0.5) is 32.0 Å². The second kappa shape index (κ2) is 9.43. The quantitative estimate of drug-likeness (QED) is 0.497. The van der Waals surface area contributed by atoms with Crippen LogP contribution in [0.3, 0.4) is 0 Å². The summed E-state index contributed by atoms with van der Waals surface area (Å²) < 4.78 is 89.3. The monoisotopic (exact) mass is 440 g/mol. The Hall–Kier alpha value is -2.67. The number of hydrogen-bond donors (Lipinski definition) is 1. The molecule has 0 aliphatic heterocycles. The van der Waals surface area contributed by atoms with Crippen molar-refractivity contribution in [3.8, 4) is 0 Å². The topological polar surface area (TPSA) is 78.3 Å². The Morgan fingerprint density at radius 3 is 2.03 bits per heavy atom. The molecule has 0 spiro atoms. The number of nitrogens with zero attached hydrogens (tertiary/aromatic N) is 3. The third kappa shape index (κ3) is 6.42. The Labute approximate surface area is 166 Å². The fourth-order valence-electron chi connectivity index (χ4n) is 2.39. The minimum absolute atomic E-state index is 0.0342. The van der Waals surface area contributed by atoms with Crippen molar-refractivity contribution in [2.45, 2.75) is 39.0 Å². The number of amides is 1. The first-order valence-electron chi connectivity index (χ1n) is 8.68. The van der Waals surface area contributed by atoms with Gasteiger partial charge in [-0.3, -0.25) is 4.79 Å². The summed E-state index contributed by atoms with van der Waals surface area (Å²) in [7, 11) is 0. The van der Waals surface area contributed by atoms with Gasteiger partial charge in [0.25, 0.3) is 5.91 Å². The Balaban J connectivity index is 2.21. The van der Waals surface area contributed by atoms with E-state index in [2.05, 4.69) is 10.3 Å². The number of rotatable bonds is 8. The van der Waals surface area contributed by atoms with Gasteiger partial charge in [-0.25, -0.2) is 4.68 Å². The maximum absolute atomic E-state index is 12.9. The molecule has 1 amide bonds. The summed E-state index contributed by atoms with van der Waals surface area (Å²) in [5.74, 6) is -1.03. The predicted molar refractivity (Wildman–Crippen MR) is 91.5 cm³/mol. The van der Waals surface area contributed by atoms with Crippen molar-refractivity contribution in [1.29, 1.82) is 0 Å². The van der Waals surface area contributed by atoms with Crippen molar-refractivity contribution in [3.63, 3.8) is 0 Å². The molecular weight excluding hydrogens is 422 g/mol. The van der Waals surface area contributed by atoms with E-state index in [1.54, 1.807) is 13.8 Å². The summed E-state index contributed by atoms with van der Waals surface area (Å²) in [6.45, 7) is 4.27. The average Bonchev–Trinajstić information content (AvgIpc) is 3.09. The van der Waals surface area contributed by atoms with Crippen LogP contribution in [0, 0.1) is 0 Å². The van der Waals surface area contributed by atoms with Crippen LogP contribution in [-0.2, 0) is 28.4 Å². The van der Waals surface area contributed by atoms with Gasteiger partial charge in [0.1, 0.15) is 0 Å². The second-order valence-electron chi connectivity index (χ2n) is 5.91. The Morgan fingerprint density at radius 1 is 1.03 bits per heavy atom. The van der Waals surface area contributed by atoms with Crippen LogP contribution in [-0.4, -0.2) is 40.4 Å². The summed E-state index contributed by atoms with van der Waals surface area (Å²) in [5.41, 5.74) is -4.09. The highest BCUT2D eigenvalue weighted by molar-refractivity contribution is 6.02. The zero-order valence-corrected chi connectivity index (χ0v) is 15.8. The van der Waals surface area contributed by atoms with Crippen LogP contribution in [0.15, 0.2) is 24.4 Å². The van der Waals surface area contributed by atoms with Crippen molar-refractivity contribution in [2.24, 2.45) is 0 Å². The van der Waals surface area contributed by atoms with Crippen molar-refractivity contribution in [3.05, 3.63) is 41.2 Å². The fraction of sp³-hybridized carbons (Fsp3) is 0.471. The van der Waals surface area contributed by atoms with Gasteiger partial charge in [0.05, 0.1) is 23.9 Å². The lowest BCUT2D eigenvalue weighted by Crippen LogP contribution is -2.24. The first kappa shape index (κ1) is 23.6. The van der Waals surface area contributed by atoms with Crippen LogP contribution in [0.2, 0.25) is 0 Å². The summed E-state index contributed by atoms with van der Waals surface area (Å²) in [4.78, 5) is 12.2. The molecule has 0 saturated heterocycles. The van der Waals surface area contributed by atoms with E-state index in [0.29, 0.717) is 25.3 Å². The molecule has 0 saturated carbocycles. The van der Waals surface area contributed by atoms with Crippen LogP contribution in [0.1, 0.15) is 35.5 Å². The van der Waals surface area contributed by atoms with E-state index >= 15 is 0 Å². The van der Waals surface area contributed by atoms with Crippen LogP contribution >= 0.6 is 0 Å². The molecule has 0 radical (unpaired) electrons. The molecule has 166 valence electrons. The standard InChI is InChI=1S/C17H18F6N4O3/c1-3-29-14(30-4-2)9-27-8-13(25-26-27)15(28)24-12-6-10(16(18,19)20)5-11(7-12)17(21,22)23/h5-8,14H,3-4,9H2,1-2H3,(H,24,28). The number of aromatic nitrogens is 3. The van der Waals surface area contributed by atoms with Crippen molar-refractivity contribution in [2.75, 3.05) is 18.5 Å². The van der Waals surface area contributed by atoms with E-state index in [1.165, 1.54) is 10.9 Å². The summed E-state index contributed by atoms with van der Waals surface area (Å²) in [6, 6.07) is 0.767. The van der Waals surface area contributed by atoms with Gasteiger partial charge in [0.15, 0.2) is 12.0 Å². The molecule has 1 heterocycles. The van der Waals surface area contributed by atoms with E-state index in [4.69, 9.17) is 9.47 Å². The zero-order chi connectivity index (χ0) is 22.5. The third-order valence-corrected chi connectivity index (χ3v) is 3.66. The number of anilines is 1. The van der Waals surface area contributed by atoms with E-state index in [9.17, 15) is 31.1 Å². The van der Waals surface area contributed by atoms with E-state index in [0.717, 1.165) is 0 Å². The highest BCUT2D eigenvalue weighted by Gasteiger charge is 2.37. The molecule has 30 heavy (non-hydrogen) atoms. The average molecular weight is 440 g/mol. The number of carbonyl (C=O) groups excluding carboxylic acids is 1. The molecule has 1 N–H and O–H groups in total. The van der Waals surface area contributed by atoms with Gasteiger partial charge in [-0.2, -0.15) is 26.3 Å². The number of ether oxygens (including phenoxy) is 2. The highest BCUT2D eigenvalue weighted by atomic mass is 19.4. The highest BCUT2D eigenvalue weighted by Crippen LogP contribution is 2.37. The molecule has 7 nitrogen and oxygen atoms in total. The van der Waals surface area contributed by atoms with E-state index < -0.39 is 41.4 Å². The van der Waals surface area contributed by atoms with Crippen LogP contribution in [0.5, 0.6) is 0 Å². The molecule has 0 aliphatic rings. The van der Waals surface area contributed by atoms with Gasteiger partial charge in [-0.1, -0.05) is 5.21 Å². The van der Waals surface area contributed by atoms with Gasteiger partial charge < -0.3 is 14.8 Å². The lowest BCUT2D eigenvalue weighted by atomic mass is 10.1. The van der Waals surface area contributed by atoms with Crippen molar-refractivity contribution >= 4 is 11.6 Å². The minimum atomic E-state index is -5.03. The van der Waals surface area contributed by atoms with Gasteiger partial charge in [-0.05, 0) is 32.0 Å². The molecule has 2 aromatic rings. The largest absolute Gasteiger partial charge is 0.416 e. The van der Waals surface area contributed by atoms with E-state index in [-0.39, 0.29) is 18.3 Å². The maximum Gasteiger partial charge on any atom is 0.416 e. The predicted octanol–water partition coefficient (Wildman–Crippen LogP) is 3.97. The molecule has 0 unspecified atom stereocenters. The molecule has 0 bridgehead atoms. The second-order valence-corrected chi connectivity index (χ2v) is 5.91. The van der Waals surface area contributed by atoms with Gasteiger partial charge in [0, 0.05) is 18.9 Å². The van der Waals surface area contributed by atoms with E-state index in [1.807, 2.05) is 5.32 Å². The van der Waals surface area contributed by atoms with Gasteiger partial charge in [0.2, 0.25) is 0 Å². The molecule has 1 aromatic heterocycles. The lowest BCUT2D eigenvalue weighted by Gasteiger charge is -2.16. The Kier molecular flexibility index (Phi) is 7.42. The molecule has 0 aliphatic carbocycles. The van der Waals surface area contributed by atoms with Crippen LogP contribution in [0.25, 0.3) is 0 Å². The maximum atomic E-state index is 12.9. The van der Waals surface area contributed by atoms with Gasteiger partial charge >= 0.3 is 12.4 Å².